The van der Waals surface area contributed by atoms with Gasteiger partial charge >= 0.3 is 10.1 Å². The van der Waals surface area contributed by atoms with Crippen LogP contribution in [0.25, 0.3) is 10.8 Å². The smallest absolute Gasteiger partial charge is 0.277 e. The van der Waals surface area contributed by atoms with Gasteiger partial charge in [0.25, 0.3) is 0 Å². The maximum Gasteiger partial charge on any atom is 0.318 e. The summed E-state index contributed by atoms with van der Waals surface area (Å²) in [4.78, 5) is 10.1. The molecule has 0 aliphatic rings. The number of benzene rings is 2. The first-order chi connectivity index (χ1) is 8.15. The SMILES string of the molecule is O=CNOS(=O)(=O)c1cccc2ccccc12. The molecule has 0 aromatic heterocycles. The molecule has 5 nitrogen and oxygen atoms in total. The maximum atomic E-state index is 11.8. The van der Waals surface area contributed by atoms with Gasteiger partial charge in [0.05, 0.1) is 0 Å². The normalized spacial score (nSPS) is 11.3. The van der Waals surface area contributed by atoms with Crippen molar-refractivity contribution in [1.82, 2.24) is 5.48 Å². The highest BCUT2D eigenvalue weighted by Gasteiger charge is 2.18. The molecule has 2 rings (SSSR count). The molecule has 0 saturated carbocycles. The van der Waals surface area contributed by atoms with Gasteiger partial charge in [-0.25, -0.2) is 5.48 Å². The van der Waals surface area contributed by atoms with E-state index in [0.29, 0.717) is 5.39 Å². The monoisotopic (exact) mass is 251 g/mol. The van der Waals surface area contributed by atoms with E-state index in [1.807, 2.05) is 6.07 Å². The van der Waals surface area contributed by atoms with Gasteiger partial charge in [0.1, 0.15) is 4.90 Å². The summed E-state index contributed by atoms with van der Waals surface area (Å²) in [5.74, 6) is 0. The number of carbonyl (C=O) groups is 1. The van der Waals surface area contributed by atoms with Gasteiger partial charge in [-0.3, -0.25) is 4.79 Å². The van der Waals surface area contributed by atoms with E-state index in [2.05, 4.69) is 4.28 Å². The van der Waals surface area contributed by atoms with E-state index in [-0.39, 0.29) is 11.3 Å². The quantitative estimate of drug-likeness (QED) is 0.654. The van der Waals surface area contributed by atoms with E-state index in [0.717, 1.165) is 5.39 Å². The minimum Gasteiger partial charge on any atom is -0.277 e. The van der Waals surface area contributed by atoms with Gasteiger partial charge in [0, 0.05) is 5.39 Å². The van der Waals surface area contributed by atoms with Crippen molar-refractivity contribution < 1.29 is 17.5 Å². The molecule has 0 radical (unpaired) electrons. The zero-order valence-electron chi connectivity index (χ0n) is 8.66. The Labute approximate surface area is 98.1 Å². The van der Waals surface area contributed by atoms with Crippen LogP contribution in [0.2, 0.25) is 0 Å². The molecular formula is C11H9NO4S. The van der Waals surface area contributed by atoms with E-state index >= 15 is 0 Å². The van der Waals surface area contributed by atoms with E-state index in [4.69, 9.17) is 0 Å². The van der Waals surface area contributed by atoms with Crippen LogP contribution < -0.4 is 5.48 Å². The lowest BCUT2D eigenvalue weighted by Gasteiger charge is -2.06. The molecule has 1 N–H and O–H groups in total. The van der Waals surface area contributed by atoms with Crippen molar-refractivity contribution in [3.63, 3.8) is 0 Å². The van der Waals surface area contributed by atoms with Gasteiger partial charge in [0.2, 0.25) is 6.41 Å². The number of carbonyl (C=O) groups excluding carboxylic acids is 1. The maximum absolute atomic E-state index is 11.8. The predicted molar refractivity (Wildman–Crippen MR) is 61.4 cm³/mol. The van der Waals surface area contributed by atoms with Crippen molar-refractivity contribution in [3.8, 4) is 0 Å². The lowest BCUT2D eigenvalue weighted by Crippen LogP contribution is -2.18. The van der Waals surface area contributed by atoms with E-state index < -0.39 is 10.1 Å². The van der Waals surface area contributed by atoms with Crippen molar-refractivity contribution in [1.29, 1.82) is 0 Å². The van der Waals surface area contributed by atoms with E-state index in [1.54, 1.807) is 35.8 Å². The van der Waals surface area contributed by atoms with Crippen LogP contribution in [-0.4, -0.2) is 14.8 Å². The number of fused-ring (bicyclic) bond motifs is 1. The molecular weight excluding hydrogens is 242 g/mol. The Kier molecular flexibility index (Phi) is 3.08. The molecule has 2 aromatic rings. The second kappa shape index (κ2) is 4.52. The van der Waals surface area contributed by atoms with Crippen molar-refractivity contribution in [2.24, 2.45) is 0 Å². The number of hydrogen-bond donors (Lipinski definition) is 1. The van der Waals surface area contributed by atoms with E-state index in [1.165, 1.54) is 6.07 Å². The third-order valence-corrected chi connectivity index (χ3v) is 3.44. The Morgan fingerprint density at radius 1 is 1.06 bits per heavy atom. The van der Waals surface area contributed by atoms with Crippen LogP contribution in [0.5, 0.6) is 0 Å². The number of hydroxylamine groups is 1. The Morgan fingerprint density at radius 3 is 2.53 bits per heavy atom. The van der Waals surface area contributed by atoms with Gasteiger partial charge in [-0.1, -0.05) is 36.4 Å². The molecule has 0 unspecified atom stereocenters. The van der Waals surface area contributed by atoms with Gasteiger partial charge < -0.3 is 0 Å². The fourth-order valence-corrected chi connectivity index (χ4v) is 2.50. The molecule has 17 heavy (non-hydrogen) atoms. The molecule has 0 bridgehead atoms. The van der Waals surface area contributed by atoms with Crippen LogP contribution in [0.1, 0.15) is 0 Å². The third kappa shape index (κ3) is 2.27. The van der Waals surface area contributed by atoms with Crippen LogP contribution in [0.3, 0.4) is 0 Å². The standard InChI is InChI=1S/C11H9NO4S/c13-8-12-16-17(14,15)11-7-3-5-9-4-1-2-6-10(9)11/h1-8H,(H,12,13). The Hall–Kier alpha value is -1.92. The summed E-state index contributed by atoms with van der Waals surface area (Å²) in [5.41, 5.74) is 1.68. The van der Waals surface area contributed by atoms with Crippen LogP contribution >= 0.6 is 0 Å². The largest absolute Gasteiger partial charge is 0.318 e. The fraction of sp³-hybridized carbons (Fsp3) is 0. The molecule has 0 fully saturated rings. The Morgan fingerprint density at radius 2 is 1.76 bits per heavy atom. The highest BCUT2D eigenvalue weighted by Crippen LogP contribution is 2.23. The van der Waals surface area contributed by atoms with Crippen molar-refractivity contribution >= 4 is 27.3 Å². The summed E-state index contributed by atoms with van der Waals surface area (Å²) >= 11 is 0. The average Bonchev–Trinajstić information content (AvgIpc) is 2.36. The molecule has 0 saturated heterocycles. The molecule has 88 valence electrons. The summed E-state index contributed by atoms with van der Waals surface area (Å²) in [7, 11) is -3.99. The molecule has 0 atom stereocenters. The topological polar surface area (TPSA) is 72.5 Å². The van der Waals surface area contributed by atoms with Gasteiger partial charge in [-0.2, -0.15) is 8.42 Å². The predicted octanol–water partition coefficient (Wildman–Crippen LogP) is 1.21. The molecule has 0 heterocycles. The van der Waals surface area contributed by atoms with Gasteiger partial charge in [-0.15, -0.1) is 4.28 Å². The average molecular weight is 251 g/mol. The zero-order valence-corrected chi connectivity index (χ0v) is 9.48. The molecule has 2 aromatic carbocycles. The van der Waals surface area contributed by atoms with Crippen LogP contribution in [0.15, 0.2) is 47.4 Å². The zero-order chi connectivity index (χ0) is 12.3. The van der Waals surface area contributed by atoms with Gasteiger partial charge in [-0.05, 0) is 11.5 Å². The lowest BCUT2D eigenvalue weighted by atomic mass is 10.1. The minimum absolute atomic E-state index is 0.0185. The molecule has 0 aliphatic carbocycles. The molecule has 0 spiro atoms. The Bertz CT molecular complexity index is 646. The van der Waals surface area contributed by atoms with Crippen molar-refractivity contribution in [3.05, 3.63) is 42.5 Å². The number of rotatable bonds is 4. The molecule has 0 aliphatic heterocycles. The number of hydrogen-bond acceptors (Lipinski definition) is 4. The second-order valence-corrected chi connectivity index (χ2v) is 4.77. The van der Waals surface area contributed by atoms with Crippen molar-refractivity contribution in [2.75, 3.05) is 0 Å². The van der Waals surface area contributed by atoms with Gasteiger partial charge in [0.15, 0.2) is 0 Å². The lowest BCUT2D eigenvalue weighted by molar-refractivity contribution is -0.115. The summed E-state index contributed by atoms with van der Waals surface area (Å²) in [6, 6.07) is 11.8. The summed E-state index contributed by atoms with van der Waals surface area (Å²) in [5, 5.41) is 1.32. The van der Waals surface area contributed by atoms with E-state index in [9.17, 15) is 13.2 Å². The first-order valence-electron chi connectivity index (χ1n) is 4.75. The first kappa shape index (κ1) is 11.6. The number of amides is 1. The van der Waals surface area contributed by atoms with Crippen LogP contribution in [0, 0.1) is 0 Å². The Balaban J connectivity index is 2.59. The van der Waals surface area contributed by atoms with Crippen molar-refractivity contribution in [2.45, 2.75) is 4.90 Å². The summed E-state index contributed by atoms with van der Waals surface area (Å²) < 4.78 is 27.8. The fourth-order valence-electron chi connectivity index (χ4n) is 1.54. The van der Waals surface area contributed by atoms with Crippen LogP contribution in [-0.2, 0) is 19.2 Å². The molecule has 1 amide bonds. The van der Waals surface area contributed by atoms with Crippen LogP contribution in [0.4, 0.5) is 0 Å². The highest BCUT2D eigenvalue weighted by molar-refractivity contribution is 7.87. The summed E-state index contributed by atoms with van der Waals surface area (Å²) in [6.07, 6.45) is 0.155. The first-order valence-corrected chi connectivity index (χ1v) is 6.16. The summed E-state index contributed by atoms with van der Waals surface area (Å²) in [6.45, 7) is 0. The second-order valence-electron chi connectivity index (χ2n) is 3.25. The third-order valence-electron chi connectivity index (χ3n) is 2.22. The highest BCUT2D eigenvalue weighted by atomic mass is 32.2. The number of nitrogens with one attached hydrogen (secondary N) is 1. The molecule has 6 heteroatoms. The minimum atomic E-state index is -3.99.